The van der Waals surface area contributed by atoms with Crippen LogP contribution in [0.4, 0.5) is 0 Å². The molecule has 1 amide bonds. The summed E-state index contributed by atoms with van der Waals surface area (Å²) in [5, 5.41) is 11.8. The van der Waals surface area contributed by atoms with E-state index in [1.54, 1.807) is 0 Å². The van der Waals surface area contributed by atoms with Gasteiger partial charge in [-0.05, 0) is 12.5 Å². The number of amides is 1. The van der Waals surface area contributed by atoms with Crippen molar-refractivity contribution in [2.45, 2.75) is 19.4 Å². The van der Waals surface area contributed by atoms with Crippen LogP contribution in [-0.2, 0) is 0 Å². The van der Waals surface area contributed by atoms with Crippen LogP contribution in [0.1, 0.15) is 23.7 Å². The summed E-state index contributed by atoms with van der Waals surface area (Å²) < 4.78 is 0.838. The second kappa shape index (κ2) is 5.70. The first-order valence-corrected chi connectivity index (χ1v) is 6.03. The Hall–Kier alpha value is -0.290. The Balaban J connectivity index is 2.58. The van der Waals surface area contributed by atoms with E-state index in [9.17, 15) is 9.90 Å². The highest BCUT2D eigenvalue weighted by Gasteiger charge is 2.14. The van der Waals surface area contributed by atoms with Crippen LogP contribution in [0.3, 0.4) is 0 Å². The Morgan fingerprint density at radius 1 is 1.67 bits per heavy atom. The van der Waals surface area contributed by atoms with E-state index in [2.05, 4.69) is 5.32 Å². The van der Waals surface area contributed by atoms with Crippen LogP contribution in [0.25, 0.3) is 0 Å². The average molecular weight is 268 g/mol. The van der Waals surface area contributed by atoms with Gasteiger partial charge in [-0.1, -0.05) is 30.1 Å². The van der Waals surface area contributed by atoms with Crippen LogP contribution in [0, 0.1) is 0 Å². The van der Waals surface area contributed by atoms with E-state index in [1.807, 2.05) is 6.92 Å². The maximum Gasteiger partial charge on any atom is 0.253 e. The number of aliphatic hydroxyl groups excluding tert-OH is 1. The number of hydrogen-bond acceptors (Lipinski definition) is 3. The molecule has 0 fully saturated rings. The maximum absolute atomic E-state index is 11.5. The van der Waals surface area contributed by atoms with Gasteiger partial charge in [-0.3, -0.25) is 4.79 Å². The van der Waals surface area contributed by atoms with Crippen LogP contribution in [0.2, 0.25) is 8.67 Å². The summed E-state index contributed by atoms with van der Waals surface area (Å²) in [6.07, 6.45) is 0.0696. The molecule has 1 atom stereocenters. The Morgan fingerprint density at radius 3 is 2.80 bits per heavy atom. The number of thiophene rings is 1. The molecule has 1 heterocycles. The largest absolute Gasteiger partial charge is 0.391 e. The lowest BCUT2D eigenvalue weighted by Crippen LogP contribution is -2.31. The minimum atomic E-state index is -0.526. The molecule has 0 saturated carbocycles. The van der Waals surface area contributed by atoms with E-state index in [1.165, 1.54) is 6.07 Å². The standard InChI is InChI=1S/C9H11Cl2NO2S/c1-2-5(13)4-12-9(14)6-3-7(10)15-8(6)11/h3,5,13H,2,4H2,1H3,(H,12,14). The zero-order valence-corrected chi connectivity index (χ0v) is 10.4. The van der Waals surface area contributed by atoms with Crippen molar-refractivity contribution in [2.24, 2.45) is 0 Å². The molecule has 0 spiro atoms. The van der Waals surface area contributed by atoms with Crippen molar-refractivity contribution in [3.63, 3.8) is 0 Å². The summed E-state index contributed by atoms with van der Waals surface area (Å²) in [6.45, 7) is 2.06. The molecule has 1 aromatic heterocycles. The number of hydrogen-bond donors (Lipinski definition) is 2. The monoisotopic (exact) mass is 267 g/mol. The highest BCUT2D eigenvalue weighted by atomic mass is 35.5. The summed E-state index contributed by atoms with van der Waals surface area (Å²) in [7, 11) is 0. The van der Waals surface area contributed by atoms with Crippen LogP contribution in [0.5, 0.6) is 0 Å². The van der Waals surface area contributed by atoms with E-state index in [4.69, 9.17) is 23.2 Å². The van der Waals surface area contributed by atoms with Crippen LogP contribution >= 0.6 is 34.5 Å². The maximum atomic E-state index is 11.5. The predicted octanol–water partition coefficient (Wildman–Crippen LogP) is 2.56. The molecule has 1 unspecified atom stereocenters. The third kappa shape index (κ3) is 3.65. The SMILES string of the molecule is CCC(O)CNC(=O)c1cc(Cl)sc1Cl. The molecule has 0 radical (unpaired) electrons. The number of nitrogens with one attached hydrogen (secondary N) is 1. The van der Waals surface area contributed by atoms with Crippen LogP contribution in [-0.4, -0.2) is 23.7 Å². The van der Waals surface area contributed by atoms with Crippen LogP contribution in [0.15, 0.2) is 6.07 Å². The topological polar surface area (TPSA) is 49.3 Å². The molecular weight excluding hydrogens is 257 g/mol. The fraction of sp³-hybridized carbons (Fsp3) is 0.444. The number of aliphatic hydroxyl groups is 1. The van der Waals surface area contributed by atoms with E-state index in [0.29, 0.717) is 20.7 Å². The molecule has 1 rings (SSSR count). The second-order valence-corrected chi connectivity index (χ2v) is 5.30. The number of rotatable bonds is 4. The molecule has 84 valence electrons. The third-order valence-corrected chi connectivity index (χ3v) is 3.36. The molecule has 0 aliphatic rings. The van der Waals surface area contributed by atoms with Gasteiger partial charge in [-0.25, -0.2) is 0 Å². The first-order valence-electron chi connectivity index (χ1n) is 4.45. The zero-order chi connectivity index (χ0) is 11.4. The van der Waals surface area contributed by atoms with Crippen molar-refractivity contribution >= 4 is 40.4 Å². The minimum absolute atomic E-state index is 0.221. The van der Waals surface area contributed by atoms with Gasteiger partial charge in [0.15, 0.2) is 0 Å². The normalized spacial score (nSPS) is 12.5. The lowest BCUT2D eigenvalue weighted by atomic mass is 10.2. The average Bonchev–Trinajstić information content (AvgIpc) is 2.53. The molecular formula is C9H11Cl2NO2S. The lowest BCUT2D eigenvalue weighted by Gasteiger charge is -2.08. The van der Waals surface area contributed by atoms with Crippen molar-refractivity contribution < 1.29 is 9.90 Å². The highest BCUT2D eigenvalue weighted by Crippen LogP contribution is 2.30. The number of carbonyl (C=O) groups is 1. The lowest BCUT2D eigenvalue weighted by molar-refractivity contribution is 0.0914. The quantitative estimate of drug-likeness (QED) is 0.881. The molecule has 0 bridgehead atoms. The summed E-state index contributed by atoms with van der Waals surface area (Å²) in [4.78, 5) is 11.5. The summed E-state index contributed by atoms with van der Waals surface area (Å²) >= 11 is 12.6. The molecule has 3 nitrogen and oxygen atoms in total. The van der Waals surface area contributed by atoms with E-state index >= 15 is 0 Å². The molecule has 6 heteroatoms. The first kappa shape index (κ1) is 12.8. The van der Waals surface area contributed by atoms with E-state index in [0.717, 1.165) is 11.3 Å². The first-order chi connectivity index (χ1) is 7.04. The Morgan fingerprint density at radius 2 is 2.33 bits per heavy atom. The van der Waals surface area contributed by atoms with Gasteiger partial charge in [0.25, 0.3) is 5.91 Å². The van der Waals surface area contributed by atoms with E-state index in [-0.39, 0.29) is 12.5 Å². The number of halogens is 2. The van der Waals surface area contributed by atoms with Gasteiger partial charge < -0.3 is 10.4 Å². The minimum Gasteiger partial charge on any atom is -0.391 e. The summed E-state index contributed by atoms with van der Waals surface area (Å²) in [5.74, 6) is -0.310. The van der Waals surface area contributed by atoms with Gasteiger partial charge >= 0.3 is 0 Å². The molecule has 0 saturated heterocycles. The third-order valence-electron chi connectivity index (χ3n) is 1.87. The zero-order valence-electron chi connectivity index (χ0n) is 8.09. The fourth-order valence-corrected chi connectivity index (χ4v) is 2.40. The van der Waals surface area contributed by atoms with Gasteiger partial charge in [-0.2, -0.15) is 0 Å². The van der Waals surface area contributed by atoms with Gasteiger partial charge in [-0.15, -0.1) is 11.3 Å². The van der Waals surface area contributed by atoms with Crippen molar-refractivity contribution in [3.05, 3.63) is 20.3 Å². The van der Waals surface area contributed by atoms with Gasteiger partial charge in [0, 0.05) is 6.54 Å². The molecule has 1 aromatic rings. The smallest absolute Gasteiger partial charge is 0.253 e. The van der Waals surface area contributed by atoms with Gasteiger partial charge in [0.2, 0.25) is 0 Å². The summed E-state index contributed by atoms with van der Waals surface area (Å²) in [5.41, 5.74) is 0.356. The van der Waals surface area contributed by atoms with Crippen LogP contribution < -0.4 is 5.32 Å². The van der Waals surface area contributed by atoms with Crippen molar-refractivity contribution in [1.29, 1.82) is 0 Å². The highest BCUT2D eigenvalue weighted by molar-refractivity contribution is 7.20. The molecule has 0 aromatic carbocycles. The van der Waals surface area contributed by atoms with Gasteiger partial charge in [0.05, 0.1) is 16.0 Å². The molecule has 2 N–H and O–H groups in total. The van der Waals surface area contributed by atoms with Gasteiger partial charge in [0.1, 0.15) is 4.34 Å². The fourth-order valence-electron chi connectivity index (χ4n) is 0.945. The second-order valence-electron chi connectivity index (χ2n) is 3.01. The molecule has 0 aliphatic heterocycles. The molecule has 15 heavy (non-hydrogen) atoms. The molecule has 0 aliphatic carbocycles. The Bertz CT molecular complexity index is 354. The Labute approximate surface area is 102 Å². The number of carbonyl (C=O) groups excluding carboxylic acids is 1. The predicted molar refractivity (Wildman–Crippen MR) is 63.0 cm³/mol. The van der Waals surface area contributed by atoms with Crippen molar-refractivity contribution in [2.75, 3.05) is 6.54 Å². The summed E-state index contributed by atoms with van der Waals surface area (Å²) in [6, 6.07) is 1.52. The van der Waals surface area contributed by atoms with Crippen molar-refractivity contribution in [1.82, 2.24) is 5.32 Å². The Kier molecular flexibility index (Phi) is 4.86. The van der Waals surface area contributed by atoms with Crippen molar-refractivity contribution in [3.8, 4) is 0 Å². The van der Waals surface area contributed by atoms with E-state index < -0.39 is 6.10 Å².